The van der Waals surface area contributed by atoms with E-state index in [1.165, 1.54) is 0 Å². The maximum Gasteiger partial charge on any atom is 0.326 e. The minimum Gasteiger partial charge on any atom is -0.480 e. The Morgan fingerprint density at radius 3 is 2.47 bits per heavy atom. The molecular weight excluding hydrogens is 222 g/mol. The van der Waals surface area contributed by atoms with E-state index in [4.69, 9.17) is 9.63 Å². The van der Waals surface area contributed by atoms with Crippen LogP contribution in [0, 0.1) is 5.92 Å². The van der Waals surface area contributed by atoms with E-state index in [0.29, 0.717) is 12.2 Å². The van der Waals surface area contributed by atoms with Gasteiger partial charge in [-0.15, -0.1) is 0 Å². The number of carboxylic acids is 1. The highest BCUT2D eigenvalue weighted by Crippen LogP contribution is 2.15. The summed E-state index contributed by atoms with van der Waals surface area (Å²) < 4.78 is 4.95. The maximum absolute atomic E-state index is 11.0. The van der Waals surface area contributed by atoms with Gasteiger partial charge >= 0.3 is 12.0 Å². The summed E-state index contributed by atoms with van der Waals surface area (Å²) in [7, 11) is 0. The number of carboxylic acid groups (broad SMARTS) is 1. The smallest absolute Gasteiger partial charge is 0.326 e. The second-order valence-electron chi connectivity index (χ2n) is 4.78. The van der Waals surface area contributed by atoms with Crippen LogP contribution in [-0.4, -0.2) is 27.3 Å². The van der Waals surface area contributed by atoms with Crippen molar-refractivity contribution in [1.29, 1.82) is 0 Å². The zero-order valence-electron chi connectivity index (χ0n) is 10.6. The van der Waals surface area contributed by atoms with E-state index in [9.17, 15) is 4.79 Å². The minimum absolute atomic E-state index is 0.155. The van der Waals surface area contributed by atoms with E-state index in [-0.39, 0.29) is 17.9 Å². The van der Waals surface area contributed by atoms with Gasteiger partial charge in [-0.1, -0.05) is 32.9 Å². The summed E-state index contributed by atoms with van der Waals surface area (Å²) in [4.78, 5) is 15.1. The van der Waals surface area contributed by atoms with Crippen molar-refractivity contribution in [3.05, 3.63) is 5.82 Å². The zero-order chi connectivity index (χ0) is 13.0. The number of anilines is 1. The van der Waals surface area contributed by atoms with E-state index in [0.717, 1.165) is 0 Å². The minimum atomic E-state index is -0.914. The monoisotopic (exact) mass is 241 g/mol. The van der Waals surface area contributed by atoms with Gasteiger partial charge < -0.3 is 14.9 Å². The molecule has 96 valence electrons. The summed E-state index contributed by atoms with van der Waals surface area (Å²) in [5.41, 5.74) is 0. The fourth-order valence-electron chi connectivity index (χ4n) is 1.37. The van der Waals surface area contributed by atoms with Crippen molar-refractivity contribution in [2.24, 2.45) is 5.92 Å². The molecule has 1 aromatic heterocycles. The third-order valence-corrected chi connectivity index (χ3v) is 2.26. The molecule has 0 aliphatic heterocycles. The second kappa shape index (κ2) is 5.65. The second-order valence-corrected chi connectivity index (χ2v) is 4.78. The molecule has 0 aliphatic rings. The Morgan fingerprint density at radius 2 is 2.06 bits per heavy atom. The number of carbonyl (C=O) groups is 1. The quantitative estimate of drug-likeness (QED) is 0.793. The highest BCUT2D eigenvalue weighted by atomic mass is 16.5. The van der Waals surface area contributed by atoms with Crippen LogP contribution in [0.5, 0.6) is 0 Å². The lowest BCUT2D eigenvalue weighted by atomic mass is 10.0. The van der Waals surface area contributed by atoms with Crippen LogP contribution in [0.1, 0.15) is 45.9 Å². The summed E-state index contributed by atoms with van der Waals surface area (Å²) in [5.74, 6) is 0.0861. The van der Waals surface area contributed by atoms with Gasteiger partial charge in [-0.05, 0) is 12.3 Å². The SMILES string of the molecule is CC(C)CC(Nc1nc(C(C)C)no1)C(=O)O. The number of hydrogen-bond donors (Lipinski definition) is 2. The van der Waals surface area contributed by atoms with Gasteiger partial charge in [0, 0.05) is 5.92 Å². The first-order chi connectivity index (χ1) is 7.90. The summed E-state index contributed by atoms with van der Waals surface area (Å²) >= 11 is 0. The van der Waals surface area contributed by atoms with Crippen molar-refractivity contribution < 1.29 is 14.4 Å². The zero-order valence-corrected chi connectivity index (χ0v) is 10.6. The van der Waals surface area contributed by atoms with Crippen molar-refractivity contribution in [1.82, 2.24) is 10.1 Å². The maximum atomic E-state index is 11.0. The third kappa shape index (κ3) is 4.05. The van der Waals surface area contributed by atoms with Crippen LogP contribution in [-0.2, 0) is 4.79 Å². The van der Waals surface area contributed by atoms with Crippen molar-refractivity contribution in [3.63, 3.8) is 0 Å². The Labute approximate surface area is 100 Å². The van der Waals surface area contributed by atoms with Gasteiger partial charge in [0.2, 0.25) is 0 Å². The summed E-state index contributed by atoms with van der Waals surface area (Å²) in [6.07, 6.45) is 0.509. The predicted molar refractivity (Wildman–Crippen MR) is 62.9 cm³/mol. The molecule has 0 aromatic carbocycles. The first-order valence-corrected chi connectivity index (χ1v) is 5.73. The average Bonchev–Trinajstić information content (AvgIpc) is 2.64. The van der Waals surface area contributed by atoms with Crippen molar-refractivity contribution in [3.8, 4) is 0 Å². The van der Waals surface area contributed by atoms with Crippen LogP contribution in [0.15, 0.2) is 4.52 Å². The summed E-state index contributed by atoms with van der Waals surface area (Å²) in [5, 5.41) is 15.6. The lowest BCUT2D eigenvalue weighted by Gasteiger charge is -2.14. The fourth-order valence-corrected chi connectivity index (χ4v) is 1.37. The topological polar surface area (TPSA) is 88.3 Å². The molecule has 0 radical (unpaired) electrons. The highest BCUT2D eigenvalue weighted by molar-refractivity contribution is 5.76. The fraction of sp³-hybridized carbons (Fsp3) is 0.727. The summed E-state index contributed by atoms with van der Waals surface area (Å²) in [6.45, 7) is 7.81. The van der Waals surface area contributed by atoms with Crippen LogP contribution in [0.3, 0.4) is 0 Å². The number of nitrogens with one attached hydrogen (secondary N) is 1. The molecule has 1 aromatic rings. The molecule has 1 rings (SSSR count). The van der Waals surface area contributed by atoms with Crippen LogP contribution >= 0.6 is 0 Å². The lowest BCUT2D eigenvalue weighted by Crippen LogP contribution is -2.30. The van der Waals surface area contributed by atoms with Crippen molar-refractivity contribution >= 4 is 12.0 Å². The van der Waals surface area contributed by atoms with Gasteiger partial charge in [0.15, 0.2) is 5.82 Å². The summed E-state index contributed by atoms with van der Waals surface area (Å²) in [6, 6.07) is -0.530. The molecular formula is C11H19N3O3. The molecule has 6 nitrogen and oxygen atoms in total. The first kappa shape index (κ1) is 13.5. The molecule has 0 bridgehead atoms. The van der Waals surface area contributed by atoms with Gasteiger partial charge in [-0.3, -0.25) is 0 Å². The molecule has 0 saturated carbocycles. The Balaban J connectivity index is 2.68. The molecule has 1 heterocycles. The lowest BCUT2D eigenvalue weighted by molar-refractivity contribution is -0.138. The van der Waals surface area contributed by atoms with Gasteiger partial charge in [0.25, 0.3) is 0 Å². The third-order valence-electron chi connectivity index (χ3n) is 2.26. The number of aromatic nitrogens is 2. The number of nitrogens with zero attached hydrogens (tertiary/aromatic N) is 2. The molecule has 0 saturated heterocycles. The Hall–Kier alpha value is -1.59. The predicted octanol–water partition coefficient (Wildman–Crippen LogP) is 2.10. The Morgan fingerprint density at radius 1 is 1.41 bits per heavy atom. The normalized spacial score (nSPS) is 13.1. The standard InChI is InChI=1S/C11H19N3O3/c1-6(2)5-8(10(15)16)12-11-13-9(7(3)4)14-17-11/h6-8H,5H2,1-4H3,(H,15,16)(H,12,13,14). The molecule has 2 N–H and O–H groups in total. The van der Waals surface area contributed by atoms with E-state index < -0.39 is 12.0 Å². The van der Waals surface area contributed by atoms with E-state index in [1.54, 1.807) is 0 Å². The van der Waals surface area contributed by atoms with Crippen LogP contribution in [0.25, 0.3) is 0 Å². The number of hydrogen-bond acceptors (Lipinski definition) is 5. The molecule has 6 heteroatoms. The van der Waals surface area contributed by atoms with Gasteiger partial charge in [-0.2, -0.15) is 4.98 Å². The van der Waals surface area contributed by atoms with Gasteiger partial charge in [0.05, 0.1) is 0 Å². The van der Waals surface area contributed by atoms with Crippen molar-refractivity contribution in [2.75, 3.05) is 5.32 Å². The van der Waals surface area contributed by atoms with E-state index in [2.05, 4.69) is 15.5 Å². The van der Waals surface area contributed by atoms with Gasteiger partial charge in [-0.25, -0.2) is 4.79 Å². The Kier molecular flexibility index (Phi) is 4.48. The molecule has 0 aliphatic carbocycles. The molecule has 0 fully saturated rings. The van der Waals surface area contributed by atoms with Crippen LogP contribution in [0.2, 0.25) is 0 Å². The number of rotatable bonds is 6. The average molecular weight is 241 g/mol. The van der Waals surface area contributed by atoms with Gasteiger partial charge in [0.1, 0.15) is 6.04 Å². The van der Waals surface area contributed by atoms with Crippen LogP contribution < -0.4 is 5.32 Å². The molecule has 17 heavy (non-hydrogen) atoms. The molecule has 1 atom stereocenters. The highest BCUT2D eigenvalue weighted by Gasteiger charge is 2.21. The van der Waals surface area contributed by atoms with Crippen molar-refractivity contribution in [2.45, 2.75) is 46.1 Å². The van der Waals surface area contributed by atoms with Crippen LogP contribution in [0.4, 0.5) is 6.01 Å². The Bertz CT molecular complexity index is 374. The van der Waals surface area contributed by atoms with E-state index >= 15 is 0 Å². The van der Waals surface area contributed by atoms with E-state index in [1.807, 2.05) is 27.7 Å². The number of aliphatic carboxylic acids is 1. The first-order valence-electron chi connectivity index (χ1n) is 5.73. The molecule has 1 unspecified atom stereocenters. The largest absolute Gasteiger partial charge is 0.480 e. The molecule has 0 spiro atoms. The molecule has 0 amide bonds.